The Bertz CT molecular complexity index is 701. The van der Waals surface area contributed by atoms with Crippen molar-refractivity contribution >= 4 is 28.1 Å². The number of nitrogens with one attached hydrogen (secondary N) is 2. The summed E-state index contributed by atoms with van der Waals surface area (Å²) >= 11 is 0. The van der Waals surface area contributed by atoms with E-state index in [1.54, 1.807) is 18.4 Å². The van der Waals surface area contributed by atoms with E-state index in [0.717, 1.165) is 16.1 Å². The summed E-state index contributed by atoms with van der Waals surface area (Å²) in [6.07, 6.45) is 1.66. The molecule has 122 valence electrons. The maximum absolute atomic E-state index is 11.4. The molecule has 0 saturated heterocycles. The van der Waals surface area contributed by atoms with Gasteiger partial charge in [-0.1, -0.05) is 18.2 Å². The van der Waals surface area contributed by atoms with E-state index in [1.165, 1.54) is 0 Å². The molecule has 0 aromatic heterocycles. The molecule has 2 aromatic carbocycles. The Kier molecular flexibility index (Phi) is 5.90. The Balaban J connectivity index is 2.07. The minimum atomic E-state index is -0.979. The summed E-state index contributed by atoms with van der Waals surface area (Å²) < 4.78 is 11.4. The summed E-state index contributed by atoms with van der Waals surface area (Å²) in [6, 6.07) is 15.0. The van der Waals surface area contributed by atoms with Gasteiger partial charge in [-0.2, -0.15) is 0 Å². The number of rotatable bonds is 6. The smallest absolute Gasteiger partial charge is 0.250 e. The average Bonchev–Trinajstić information content (AvgIpc) is 2.55. The van der Waals surface area contributed by atoms with Crippen LogP contribution in [-0.2, 0) is 15.6 Å². The lowest BCUT2D eigenvalue weighted by Gasteiger charge is -2.17. The van der Waals surface area contributed by atoms with Crippen molar-refractivity contribution in [3.05, 3.63) is 54.1 Å². The monoisotopic (exact) mass is 332 g/mol. The summed E-state index contributed by atoms with van der Waals surface area (Å²) in [5.74, 6) is -0.446. The number of benzene rings is 2. The standard InChI is InChI=1S/C17H20N2O3S/c1-12(13-6-8-16(9-7-13)23(2)22)18-14-4-3-5-15(10-14)19-17(21)11-20/h3-10,12,18,20H,11H2,1-2H3,(H,19,21)/t12-,23-/m1/s1. The van der Waals surface area contributed by atoms with Gasteiger partial charge in [-0.05, 0) is 42.8 Å². The lowest BCUT2D eigenvalue weighted by Crippen LogP contribution is -2.15. The first-order valence-corrected chi connectivity index (χ1v) is 8.76. The van der Waals surface area contributed by atoms with E-state index in [4.69, 9.17) is 5.11 Å². The number of hydrogen-bond donors (Lipinski definition) is 3. The molecule has 0 bridgehead atoms. The summed E-state index contributed by atoms with van der Waals surface area (Å²) in [7, 11) is -0.979. The Labute approximate surface area is 138 Å². The fraction of sp³-hybridized carbons (Fsp3) is 0.235. The lowest BCUT2D eigenvalue weighted by atomic mass is 10.1. The molecule has 2 aromatic rings. The molecule has 3 N–H and O–H groups in total. The molecule has 0 spiro atoms. The molecule has 2 atom stereocenters. The predicted octanol–water partition coefficient (Wildman–Crippen LogP) is 2.53. The largest absolute Gasteiger partial charge is 0.387 e. The van der Waals surface area contributed by atoms with Gasteiger partial charge < -0.3 is 15.7 Å². The minimum Gasteiger partial charge on any atom is -0.387 e. The van der Waals surface area contributed by atoms with Crippen LogP contribution in [0.5, 0.6) is 0 Å². The predicted molar refractivity (Wildman–Crippen MR) is 93.0 cm³/mol. The molecule has 0 radical (unpaired) electrons. The third-order valence-corrected chi connectivity index (χ3v) is 4.32. The van der Waals surface area contributed by atoms with Gasteiger partial charge in [0.2, 0.25) is 5.91 Å². The number of aliphatic hydroxyl groups excluding tert-OH is 1. The maximum Gasteiger partial charge on any atom is 0.250 e. The molecule has 0 fully saturated rings. The van der Waals surface area contributed by atoms with Crippen LogP contribution in [0.3, 0.4) is 0 Å². The Morgan fingerprint density at radius 1 is 1.17 bits per heavy atom. The van der Waals surface area contributed by atoms with Gasteiger partial charge in [-0.3, -0.25) is 9.00 Å². The molecule has 0 unspecified atom stereocenters. The quantitative estimate of drug-likeness (QED) is 0.759. The fourth-order valence-electron chi connectivity index (χ4n) is 2.17. The van der Waals surface area contributed by atoms with Crippen molar-refractivity contribution in [2.45, 2.75) is 17.9 Å². The van der Waals surface area contributed by atoms with Crippen molar-refractivity contribution in [1.29, 1.82) is 0 Å². The van der Waals surface area contributed by atoms with E-state index >= 15 is 0 Å². The third-order valence-electron chi connectivity index (χ3n) is 3.39. The Morgan fingerprint density at radius 3 is 2.43 bits per heavy atom. The van der Waals surface area contributed by atoms with E-state index in [0.29, 0.717) is 5.69 Å². The second-order valence-electron chi connectivity index (χ2n) is 5.18. The van der Waals surface area contributed by atoms with E-state index < -0.39 is 23.3 Å². The van der Waals surface area contributed by atoms with Crippen LogP contribution in [0.1, 0.15) is 18.5 Å². The number of anilines is 2. The summed E-state index contributed by atoms with van der Waals surface area (Å²) in [6.45, 7) is 1.48. The van der Waals surface area contributed by atoms with Crippen LogP contribution in [0, 0.1) is 0 Å². The summed E-state index contributed by atoms with van der Waals surface area (Å²) in [5, 5.41) is 14.7. The first-order valence-electron chi connectivity index (χ1n) is 7.20. The summed E-state index contributed by atoms with van der Waals surface area (Å²) in [4.78, 5) is 12.0. The normalized spacial score (nSPS) is 13.2. The van der Waals surface area contributed by atoms with Gasteiger partial charge in [0, 0.05) is 39.4 Å². The van der Waals surface area contributed by atoms with Crippen LogP contribution >= 0.6 is 0 Å². The molecular weight excluding hydrogens is 312 g/mol. The molecular formula is C17H20N2O3S. The first kappa shape index (κ1) is 17.2. The van der Waals surface area contributed by atoms with Gasteiger partial charge in [-0.15, -0.1) is 0 Å². The molecule has 2 rings (SSSR count). The number of carbonyl (C=O) groups excluding carboxylic acids is 1. The minimum absolute atomic E-state index is 0.0538. The second kappa shape index (κ2) is 7.89. The molecule has 5 nitrogen and oxygen atoms in total. The highest BCUT2D eigenvalue weighted by Gasteiger charge is 2.07. The molecule has 1 amide bonds. The van der Waals surface area contributed by atoms with Crippen LogP contribution in [0.15, 0.2) is 53.4 Å². The molecule has 6 heteroatoms. The SMILES string of the molecule is C[C@@H](Nc1cccc(NC(=O)CO)c1)c1ccc([S@@](C)=O)cc1. The highest BCUT2D eigenvalue weighted by Crippen LogP contribution is 2.22. The number of amides is 1. The van der Waals surface area contributed by atoms with Crippen LogP contribution in [0.2, 0.25) is 0 Å². The van der Waals surface area contributed by atoms with Gasteiger partial charge in [0.25, 0.3) is 0 Å². The number of hydrogen-bond acceptors (Lipinski definition) is 4. The van der Waals surface area contributed by atoms with Crippen molar-refractivity contribution in [2.24, 2.45) is 0 Å². The number of aliphatic hydroxyl groups is 1. The van der Waals surface area contributed by atoms with E-state index in [9.17, 15) is 9.00 Å². The lowest BCUT2D eigenvalue weighted by molar-refractivity contribution is -0.118. The molecule has 23 heavy (non-hydrogen) atoms. The Morgan fingerprint density at radius 2 is 1.83 bits per heavy atom. The molecule has 0 aliphatic rings. The Hall–Kier alpha value is -2.18. The highest BCUT2D eigenvalue weighted by atomic mass is 32.2. The average molecular weight is 332 g/mol. The van der Waals surface area contributed by atoms with Crippen molar-refractivity contribution in [3.8, 4) is 0 Å². The van der Waals surface area contributed by atoms with Crippen molar-refractivity contribution in [1.82, 2.24) is 0 Å². The van der Waals surface area contributed by atoms with Crippen LogP contribution in [0.4, 0.5) is 11.4 Å². The zero-order valence-electron chi connectivity index (χ0n) is 13.1. The van der Waals surface area contributed by atoms with Crippen molar-refractivity contribution in [2.75, 3.05) is 23.5 Å². The summed E-state index contributed by atoms with van der Waals surface area (Å²) in [5.41, 5.74) is 2.55. The van der Waals surface area contributed by atoms with Crippen LogP contribution in [0.25, 0.3) is 0 Å². The van der Waals surface area contributed by atoms with Gasteiger partial charge in [0.05, 0.1) is 0 Å². The van der Waals surface area contributed by atoms with Crippen molar-refractivity contribution in [3.63, 3.8) is 0 Å². The van der Waals surface area contributed by atoms with E-state index in [1.807, 2.05) is 43.3 Å². The number of carbonyl (C=O) groups is 1. The van der Waals surface area contributed by atoms with Gasteiger partial charge >= 0.3 is 0 Å². The zero-order chi connectivity index (χ0) is 16.8. The van der Waals surface area contributed by atoms with Crippen LogP contribution < -0.4 is 10.6 Å². The first-order chi connectivity index (χ1) is 11.0. The highest BCUT2D eigenvalue weighted by molar-refractivity contribution is 7.84. The molecule has 0 heterocycles. The van der Waals surface area contributed by atoms with Crippen molar-refractivity contribution < 1.29 is 14.1 Å². The zero-order valence-corrected chi connectivity index (χ0v) is 13.9. The molecule has 0 aliphatic heterocycles. The fourth-order valence-corrected chi connectivity index (χ4v) is 2.69. The topological polar surface area (TPSA) is 78.4 Å². The van der Waals surface area contributed by atoms with Crippen LogP contribution in [-0.4, -0.2) is 28.1 Å². The second-order valence-corrected chi connectivity index (χ2v) is 6.56. The van der Waals surface area contributed by atoms with Gasteiger partial charge in [-0.25, -0.2) is 0 Å². The van der Waals surface area contributed by atoms with Gasteiger partial charge in [0.15, 0.2) is 0 Å². The molecule has 0 saturated carbocycles. The third kappa shape index (κ3) is 4.91. The van der Waals surface area contributed by atoms with Gasteiger partial charge in [0.1, 0.15) is 6.61 Å². The van der Waals surface area contributed by atoms with E-state index in [2.05, 4.69) is 10.6 Å². The van der Waals surface area contributed by atoms with E-state index in [-0.39, 0.29) is 6.04 Å². The maximum atomic E-state index is 11.4. The molecule has 0 aliphatic carbocycles.